The maximum absolute atomic E-state index is 11.9. The van der Waals surface area contributed by atoms with Gasteiger partial charge in [0.15, 0.2) is 0 Å². The second kappa shape index (κ2) is 7.08. The van der Waals surface area contributed by atoms with Crippen LogP contribution in [0.15, 0.2) is 24.3 Å². The fraction of sp³-hybridized carbons (Fsp3) is 0.500. The van der Waals surface area contributed by atoms with Crippen LogP contribution in [0.5, 0.6) is 0 Å². The van der Waals surface area contributed by atoms with Crippen molar-refractivity contribution >= 4 is 17.6 Å². The molecule has 4 heteroatoms. The first-order chi connectivity index (χ1) is 9.63. The molecule has 1 aliphatic carbocycles. The van der Waals surface area contributed by atoms with E-state index in [-0.39, 0.29) is 12.3 Å². The number of hydrogen-bond donors (Lipinski definition) is 2. The SMILES string of the molecule is O=C(O)CCc1ccc(NC(=O)CC2CCCC2)cc1. The highest BCUT2D eigenvalue weighted by atomic mass is 16.4. The van der Waals surface area contributed by atoms with Crippen LogP contribution in [-0.4, -0.2) is 17.0 Å². The molecule has 0 heterocycles. The Bertz CT molecular complexity index is 461. The molecule has 2 N–H and O–H groups in total. The van der Waals surface area contributed by atoms with E-state index in [0.29, 0.717) is 18.8 Å². The van der Waals surface area contributed by atoms with Gasteiger partial charge in [0.25, 0.3) is 0 Å². The molecule has 0 unspecified atom stereocenters. The monoisotopic (exact) mass is 275 g/mol. The molecule has 4 nitrogen and oxygen atoms in total. The van der Waals surface area contributed by atoms with Crippen LogP contribution in [-0.2, 0) is 16.0 Å². The zero-order valence-corrected chi connectivity index (χ0v) is 11.6. The van der Waals surface area contributed by atoms with E-state index in [1.807, 2.05) is 24.3 Å². The molecule has 0 atom stereocenters. The second-order valence-electron chi connectivity index (χ2n) is 5.49. The quantitative estimate of drug-likeness (QED) is 0.837. The third-order valence-corrected chi connectivity index (χ3v) is 3.81. The Morgan fingerprint density at radius 2 is 1.80 bits per heavy atom. The first-order valence-corrected chi connectivity index (χ1v) is 7.24. The molecule has 1 aromatic carbocycles. The lowest BCUT2D eigenvalue weighted by Gasteiger charge is -2.10. The summed E-state index contributed by atoms with van der Waals surface area (Å²) in [6, 6.07) is 7.41. The molecule has 108 valence electrons. The number of carbonyl (C=O) groups excluding carboxylic acids is 1. The molecule has 0 saturated heterocycles. The van der Waals surface area contributed by atoms with Crippen molar-refractivity contribution in [3.05, 3.63) is 29.8 Å². The van der Waals surface area contributed by atoms with Crippen LogP contribution in [0.25, 0.3) is 0 Å². The van der Waals surface area contributed by atoms with Crippen molar-refractivity contribution in [2.24, 2.45) is 5.92 Å². The first-order valence-electron chi connectivity index (χ1n) is 7.24. The van der Waals surface area contributed by atoms with Gasteiger partial charge >= 0.3 is 5.97 Å². The minimum atomic E-state index is -0.793. The van der Waals surface area contributed by atoms with Gasteiger partial charge in [-0.2, -0.15) is 0 Å². The minimum Gasteiger partial charge on any atom is -0.481 e. The summed E-state index contributed by atoms with van der Waals surface area (Å²) in [7, 11) is 0. The van der Waals surface area contributed by atoms with Crippen LogP contribution in [0.1, 0.15) is 44.1 Å². The largest absolute Gasteiger partial charge is 0.481 e. The fourth-order valence-corrected chi connectivity index (χ4v) is 2.69. The summed E-state index contributed by atoms with van der Waals surface area (Å²) in [5, 5.41) is 11.5. The van der Waals surface area contributed by atoms with Crippen molar-refractivity contribution < 1.29 is 14.7 Å². The van der Waals surface area contributed by atoms with E-state index < -0.39 is 5.97 Å². The van der Waals surface area contributed by atoms with Gasteiger partial charge in [-0.05, 0) is 42.9 Å². The van der Waals surface area contributed by atoms with E-state index in [1.165, 1.54) is 25.7 Å². The summed E-state index contributed by atoms with van der Waals surface area (Å²) in [6.45, 7) is 0. The summed E-state index contributed by atoms with van der Waals surface area (Å²) >= 11 is 0. The standard InChI is InChI=1S/C16H21NO3/c18-15(11-13-3-1-2-4-13)17-14-8-5-12(6-9-14)7-10-16(19)20/h5-6,8-9,13H,1-4,7,10-11H2,(H,17,18)(H,19,20). The average molecular weight is 275 g/mol. The lowest BCUT2D eigenvalue weighted by molar-refractivity contribution is -0.137. The highest BCUT2D eigenvalue weighted by Gasteiger charge is 2.18. The van der Waals surface area contributed by atoms with E-state index in [9.17, 15) is 9.59 Å². The summed E-state index contributed by atoms with van der Waals surface area (Å²) in [6.07, 6.45) is 6.09. The van der Waals surface area contributed by atoms with Crippen LogP contribution >= 0.6 is 0 Å². The molecule has 2 rings (SSSR count). The lowest BCUT2D eigenvalue weighted by atomic mass is 10.0. The average Bonchev–Trinajstić information content (AvgIpc) is 2.90. The van der Waals surface area contributed by atoms with E-state index in [0.717, 1.165) is 11.3 Å². The number of hydrogen-bond acceptors (Lipinski definition) is 2. The lowest BCUT2D eigenvalue weighted by Crippen LogP contribution is -2.15. The van der Waals surface area contributed by atoms with Gasteiger partial charge in [0.2, 0.25) is 5.91 Å². The molecule has 1 amide bonds. The molecule has 0 aliphatic heterocycles. The van der Waals surface area contributed by atoms with E-state index in [1.54, 1.807) is 0 Å². The van der Waals surface area contributed by atoms with E-state index in [2.05, 4.69) is 5.32 Å². The van der Waals surface area contributed by atoms with Crippen molar-refractivity contribution in [1.82, 2.24) is 0 Å². The van der Waals surface area contributed by atoms with Crippen molar-refractivity contribution in [3.8, 4) is 0 Å². The van der Waals surface area contributed by atoms with Crippen LogP contribution in [0.2, 0.25) is 0 Å². The Balaban J connectivity index is 1.80. The number of anilines is 1. The topological polar surface area (TPSA) is 66.4 Å². The first kappa shape index (κ1) is 14.6. The number of nitrogens with one attached hydrogen (secondary N) is 1. The molecule has 1 saturated carbocycles. The number of carbonyl (C=O) groups is 2. The fourth-order valence-electron chi connectivity index (χ4n) is 2.69. The van der Waals surface area contributed by atoms with Crippen molar-refractivity contribution in [3.63, 3.8) is 0 Å². The van der Waals surface area contributed by atoms with Crippen molar-refractivity contribution in [1.29, 1.82) is 0 Å². The Morgan fingerprint density at radius 3 is 2.40 bits per heavy atom. The number of benzene rings is 1. The predicted molar refractivity (Wildman–Crippen MR) is 77.6 cm³/mol. The van der Waals surface area contributed by atoms with Crippen LogP contribution in [0.4, 0.5) is 5.69 Å². The molecular formula is C16H21NO3. The second-order valence-corrected chi connectivity index (χ2v) is 5.49. The van der Waals surface area contributed by atoms with Gasteiger partial charge in [0.1, 0.15) is 0 Å². The minimum absolute atomic E-state index is 0.0789. The Morgan fingerprint density at radius 1 is 1.15 bits per heavy atom. The number of aryl methyl sites for hydroxylation is 1. The number of carboxylic acid groups (broad SMARTS) is 1. The molecule has 1 aliphatic rings. The summed E-state index contributed by atoms with van der Waals surface area (Å²) in [4.78, 5) is 22.4. The molecular weight excluding hydrogens is 254 g/mol. The van der Waals surface area contributed by atoms with Gasteiger partial charge in [-0.15, -0.1) is 0 Å². The highest BCUT2D eigenvalue weighted by Crippen LogP contribution is 2.27. The number of carboxylic acids is 1. The number of aliphatic carboxylic acids is 1. The zero-order valence-electron chi connectivity index (χ0n) is 11.6. The predicted octanol–water partition coefficient (Wildman–Crippen LogP) is 3.22. The molecule has 1 fully saturated rings. The third kappa shape index (κ3) is 4.68. The maximum Gasteiger partial charge on any atom is 0.303 e. The van der Waals surface area contributed by atoms with Gasteiger partial charge < -0.3 is 10.4 Å². The molecule has 20 heavy (non-hydrogen) atoms. The summed E-state index contributed by atoms with van der Waals surface area (Å²) < 4.78 is 0. The van der Waals surface area contributed by atoms with Gasteiger partial charge in [0, 0.05) is 18.5 Å². The van der Waals surface area contributed by atoms with Crippen molar-refractivity contribution in [2.45, 2.75) is 44.9 Å². The van der Waals surface area contributed by atoms with Crippen LogP contribution in [0.3, 0.4) is 0 Å². The number of rotatable bonds is 6. The normalized spacial score (nSPS) is 15.2. The summed E-state index contributed by atoms with van der Waals surface area (Å²) in [5.41, 5.74) is 1.76. The Hall–Kier alpha value is -1.84. The molecule has 0 aromatic heterocycles. The van der Waals surface area contributed by atoms with Crippen LogP contribution < -0.4 is 5.32 Å². The molecule has 0 radical (unpaired) electrons. The highest BCUT2D eigenvalue weighted by molar-refractivity contribution is 5.90. The zero-order chi connectivity index (χ0) is 14.4. The van der Waals surface area contributed by atoms with E-state index in [4.69, 9.17) is 5.11 Å². The van der Waals surface area contributed by atoms with Gasteiger partial charge in [-0.1, -0.05) is 25.0 Å². The molecule has 0 spiro atoms. The smallest absolute Gasteiger partial charge is 0.303 e. The van der Waals surface area contributed by atoms with E-state index >= 15 is 0 Å². The molecule has 0 bridgehead atoms. The third-order valence-electron chi connectivity index (χ3n) is 3.81. The summed E-state index contributed by atoms with van der Waals surface area (Å²) in [5.74, 6) is -0.168. The van der Waals surface area contributed by atoms with Gasteiger partial charge in [0.05, 0.1) is 0 Å². The Labute approximate surface area is 119 Å². The number of amides is 1. The van der Waals surface area contributed by atoms with Gasteiger partial charge in [-0.25, -0.2) is 0 Å². The molecule has 1 aromatic rings. The maximum atomic E-state index is 11.9. The Kier molecular flexibility index (Phi) is 5.16. The van der Waals surface area contributed by atoms with Crippen LogP contribution in [0, 0.1) is 5.92 Å². The van der Waals surface area contributed by atoms with Crippen molar-refractivity contribution in [2.75, 3.05) is 5.32 Å². The van der Waals surface area contributed by atoms with Gasteiger partial charge in [-0.3, -0.25) is 9.59 Å².